The number of rotatable bonds is 3. The molecule has 0 spiro atoms. The number of halogens is 1. The van der Waals surface area contributed by atoms with E-state index in [1.165, 1.54) is 0 Å². The van der Waals surface area contributed by atoms with Crippen LogP contribution in [0.3, 0.4) is 0 Å². The van der Waals surface area contributed by atoms with Crippen molar-refractivity contribution < 1.29 is 4.74 Å². The third-order valence-corrected chi connectivity index (χ3v) is 3.59. The van der Waals surface area contributed by atoms with E-state index in [1.807, 2.05) is 31.3 Å². The van der Waals surface area contributed by atoms with E-state index >= 15 is 0 Å². The van der Waals surface area contributed by atoms with Crippen molar-refractivity contribution >= 4 is 22.6 Å². The Hall–Kier alpha value is -1.91. The van der Waals surface area contributed by atoms with Gasteiger partial charge >= 0.3 is 0 Å². The van der Waals surface area contributed by atoms with Crippen molar-refractivity contribution in [3.05, 3.63) is 58.6 Å². The fourth-order valence-corrected chi connectivity index (χ4v) is 2.62. The lowest BCUT2D eigenvalue weighted by atomic mass is 10.0. The smallest absolute Gasteiger partial charge is 0.137 e. The van der Waals surface area contributed by atoms with Gasteiger partial charge in [0, 0.05) is 41.7 Å². The van der Waals surface area contributed by atoms with E-state index in [2.05, 4.69) is 15.0 Å². The number of nitrogens with zero attached hydrogens (tertiary/aromatic N) is 2. The molecular weight excluding hydrogens is 274 g/mol. The average Bonchev–Trinajstić information content (AvgIpc) is 2.86. The van der Waals surface area contributed by atoms with Crippen LogP contribution in [0.1, 0.15) is 22.9 Å². The maximum absolute atomic E-state index is 5.92. The molecule has 1 N–H and O–H groups in total. The van der Waals surface area contributed by atoms with Gasteiger partial charge in [0.05, 0.1) is 0 Å². The Bertz CT molecular complexity index is 754. The summed E-state index contributed by atoms with van der Waals surface area (Å²) in [4.78, 5) is 11.8. The lowest BCUT2D eigenvalue weighted by molar-refractivity contribution is 0.136. The van der Waals surface area contributed by atoms with Crippen molar-refractivity contribution in [3.63, 3.8) is 0 Å². The van der Waals surface area contributed by atoms with Gasteiger partial charge in [-0.2, -0.15) is 0 Å². The zero-order valence-electron chi connectivity index (χ0n) is 11.2. The Morgan fingerprint density at radius 2 is 2.10 bits per heavy atom. The molecule has 3 aromatic heterocycles. The number of hydrogen-bond acceptors (Lipinski definition) is 3. The number of pyridine rings is 2. The summed E-state index contributed by atoms with van der Waals surface area (Å²) in [7, 11) is 1.69. The number of aromatic amines is 1. The van der Waals surface area contributed by atoms with Crippen LogP contribution in [0.4, 0.5) is 0 Å². The van der Waals surface area contributed by atoms with Crippen molar-refractivity contribution in [2.45, 2.75) is 13.0 Å². The van der Waals surface area contributed by atoms with Crippen LogP contribution < -0.4 is 0 Å². The normalized spacial score (nSPS) is 12.8. The van der Waals surface area contributed by atoms with Crippen LogP contribution in [0.5, 0.6) is 0 Å². The van der Waals surface area contributed by atoms with Crippen LogP contribution in [0.15, 0.2) is 36.7 Å². The van der Waals surface area contributed by atoms with Gasteiger partial charge in [0.2, 0.25) is 0 Å². The highest BCUT2D eigenvalue weighted by atomic mass is 35.5. The quantitative estimate of drug-likeness (QED) is 0.748. The molecule has 3 rings (SSSR count). The first-order valence-corrected chi connectivity index (χ1v) is 6.66. The molecule has 0 radical (unpaired) electrons. The summed E-state index contributed by atoms with van der Waals surface area (Å²) < 4.78 is 5.68. The number of fused-ring (bicyclic) bond motifs is 1. The molecule has 0 aliphatic rings. The predicted octanol–water partition coefficient (Wildman–Crippen LogP) is 3.66. The number of methoxy groups -OCH3 is 1. The Morgan fingerprint density at radius 1 is 1.25 bits per heavy atom. The highest BCUT2D eigenvalue weighted by molar-refractivity contribution is 6.29. The van der Waals surface area contributed by atoms with Gasteiger partial charge in [-0.25, -0.2) is 9.97 Å². The predicted molar refractivity (Wildman–Crippen MR) is 78.9 cm³/mol. The van der Waals surface area contributed by atoms with E-state index in [9.17, 15) is 0 Å². The van der Waals surface area contributed by atoms with Crippen LogP contribution in [0, 0.1) is 6.92 Å². The molecule has 1 unspecified atom stereocenters. The minimum absolute atomic E-state index is 0.197. The molecule has 1 atom stereocenters. The van der Waals surface area contributed by atoms with Gasteiger partial charge < -0.3 is 9.72 Å². The molecular formula is C15H14ClN3O. The van der Waals surface area contributed by atoms with Gasteiger partial charge in [-0.05, 0) is 25.1 Å². The Labute approximate surface area is 121 Å². The van der Waals surface area contributed by atoms with Gasteiger partial charge in [0.25, 0.3) is 0 Å². The third-order valence-electron chi connectivity index (χ3n) is 3.38. The number of H-pyrrole nitrogens is 1. The molecule has 0 saturated heterocycles. The molecule has 0 aliphatic carbocycles. The van der Waals surface area contributed by atoms with Crippen molar-refractivity contribution in [3.8, 4) is 0 Å². The van der Waals surface area contributed by atoms with E-state index in [0.717, 1.165) is 27.9 Å². The molecule has 3 heterocycles. The second kappa shape index (κ2) is 5.23. The fourth-order valence-electron chi connectivity index (χ4n) is 2.43. The minimum atomic E-state index is -0.197. The molecule has 102 valence electrons. The summed E-state index contributed by atoms with van der Waals surface area (Å²) in [6, 6.07) is 7.68. The summed E-state index contributed by atoms with van der Waals surface area (Å²) in [6.07, 6.45) is 3.50. The lowest BCUT2D eigenvalue weighted by Gasteiger charge is -2.17. The van der Waals surface area contributed by atoms with E-state index in [-0.39, 0.29) is 6.10 Å². The molecule has 4 nitrogen and oxygen atoms in total. The SMILES string of the molecule is COC(c1ccc(Cl)nc1C)c1c[nH]c2ncccc12. The molecule has 0 aromatic carbocycles. The molecule has 0 fully saturated rings. The van der Waals surface area contributed by atoms with E-state index in [4.69, 9.17) is 16.3 Å². The fraction of sp³-hybridized carbons (Fsp3) is 0.200. The number of aryl methyl sites for hydroxylation is 1. The van der Waals surface area contributed by atoms with Gasteiger partial charge in [-0.3, -0.25) is 0 Å². The molecule has 20 heavy (non-hydrogen) atoms. The first-order chi connectivity index (χ1) is 9.70. The molecule has 0 bridgehead atoms. The van der Waals surface area contributed by atoms with E-state index < -0.39 is 0 Å². The summed E-state index contributed by atoms with van der Waals surface area (Å²) in [5.41, 5.74) is 3.76. The van der Waals surface area contributed by atoms with Crippen molar-refractivity contribution in [2.24, 2.45) is 0 Å². The monoisotopic (exact) mass is 287 g/mol. The van der Waals surface area contributed by atoms with Crippen LogP contribution >= 0.6 is 11.6 Å². The highest BCUT2D eigenvalue weighted by Gasteiger charge is 2.20. The second-order valence-electron chi connectivity index (χ2n) is 4.57. The zero-order valence-corrected chi connectivity index (χ0v) is 12.0. The van der Waals surface area contributed by atoms with Gasteiger partial charge in [-0.15, -0.1) is 0 Å². The minimum Gasteiger partial charge on any atom is -0.372 e. The van der Waals surface area contributed by atoms with Gasteiger partial charge in [0.15, 0.2) is 0 Å². The number of ether oxygens (including phenoxy) is 1. The molecule has 5 heteroatoms. The molecule has 3 aromatic rings. The lowest BCUT2D eigenvalue weighted by Crippen LogP contribution is -2.06. The topological polar surface area (TPSA) is 50.8 Å². The average molecular weight is 288 g/mol. The van der Waals surface area contributed by atoms with Crippen LogP contribution in [-0.4, -0.2) is 22.1 Å². The van der Waals surface area contributed by atoms with Crippen LogP contribution in [0.25, 0.3) is 11.0 Å². The summed E-state index contributed by atoms with van der Waals surface area (Å²) >= 11 is 5.92. The largest absolute Gasteiger partial charge is 0.372 e. The number of hydrogen-bond donors (Lipinski definition) is 1. The zero-order chi connectivity index (χ0) is 14.1. The van der Waals surface area contributed by atoms with Gasteiger partial charge in [0.1, 0.15) is 16.9 Å². The van der Waals surface area contributed by atoms with Crippen molar-refractivity contribution in [1.29, 1.82) is 0 Å². The second-order valence-corrected chi connectivity index (χ2v) is 4.96. The van der Waals surface area contributed by atoms with E-state index in [0.29, 0.717) is 5.15 Å². The van der Waals surface area contributed by atoms with Crippen LogP contribution in [-0.2, 0) is 4.74 Å². The Balaban J connectivity index is 2.14. The number of aromatic nitrogens is 3. The summed E-state index contributed by atoms with van der Waals surface area (Å²) in [5.74, 6) is 0. The summed E-state index contributed by atoms with van der Waals surface area (Å²) in [6.45, 7) is 1.93. The molecule has 0 amide bonds. The van der Waals surface area contributed by atoms with Crippen molar-refractivity contribution in [2.75, 3.05) is 7.11 Å². The third kappa shape index (κ3) is 2.17. The number of nitrogens with one attached hydrogen (secondary N) is 1. The first kappa shape index (κ1) is 13.1. The van der Waals surface area contributed by atoms with Gasteiger partial charge in [-0.1, -0.05) is 17.7 Å². The highest BCUT2D eigenvalue weighted by Crippen LogP contribution is 2.32. The summed E-state index contributed by atoms with van der Waals surface area (Å²) in [5, 5.41) is 1.54. The Kier molecular flexibility index (Phi) is 3.42. The maximum atomic E-state index is 5.92. The standard InChI is InChI=1S/C15H14ClN3O/c1-9-10(5-6-13(16)19-9)14(20-2)12-8-18-15-11(12)4-3-7-17-15/h3-8,14H,1-2H3,(H,17,18). The molecule has 0 aliphatic heterocycles. The maximum Gasteiger partial charge on any atom is 0.137 e. The first-order valence-electron chi connectivity index (χ1n) is 6.28. The molecule has 0 saturated carbocycles. The van der Waals surface area contributed by atoms with Crippen molar-refractivity contribution in [1.82, 2.24) is 15.0 Å². The van der Waals surface area contributed by atoms with E-state index in [1.54, 1.807) is 19.4 Å². The van der Waals surface area contributed by atoms with Crippen LogP contribution in [0.2, 0.25) is 5.15 Å². The Morgan fingerprint density at radius 3 is 2.85 bits per heavy atom.